The highest BCUT2D eigenvalue weighted by Gasteiger charge is 2.19. The number of benzene rings is 1. The summed E-state index contributed by atoms with van der Waals surface area (Å²) in [7, 11) is 3.86. The highest BCUT2D eigenvalue weighted by atomic mass is 16.5. The molecule has 172 valence electrons. The Morgan fingerprint density at radius 2 is 2.00 bits per heavy atom. The molecule has 1 aromatic carbocycles. The lowest BCUT2D eigenvalue weighted by Gasteiger charge is -2.25. The third-order valence-electron chi connectivity index (χ3n) is 5.50. The molecule has 1 N–H and O–H groups in total. The standard InChI is InChI=1S/C24H37N3O4/c1-4-5-11-27(2)18-20-17-25-26-24(20)19-7-8-22(30-13-6-12-28-3)23(16-19)31-21-9-14-29-15-10-21/h7-8,16-17,21H,4-6,9-15,18H2,1-3H3,(H,25,26). The molecule has 3 rings (SSSR count). The second-order valence-corrected chi connectivity index (χ2v) is 8.15. The lowest BCUT2D eigenvalue weighted by Crippen LogP contribution is -2.26. The van der Waals surface area contributed by atoms with Gasteiger partial charge in [-0.3, -0.25) is 5.10 Å². The van der Waals surface area contributed by atoms with Crippen LogP contribution in [0.4, 0.5) is 0 Å². The molecule has 1 aromatic heterocycles. The summed E-state index contributed by atoms with van der Waals surface area (Å²) in [6.07, 6.45) is 7.08. The van der Waals surface area contributed by atoms with Gasteiger partial charge in [-0.05, 0) is 38.2 Å². The average Bonchev–Trinajstić information content (AvgIpc) is 3.24. The minimum absolute atomic E-state index is 0.145. The molecule has 0 atom stereocenters. The zero-order valence-corrected chi connectivity index (χ0v) is 19.2. The van der Waals surface area contributed by atoms with Crippen LogP contribution in [0, 0.1) is 0 Å². The van der Waals surface area contributed by atoms with Gasteiger partial charge in [-0.25, -0.2) is 0 Å². The summed E-state index contributed by atoms with van der Waals surface area (Å²) in [6, 6.07) is 6.15. The first kappa shape index (κ1) is 23.6. The Morgan fingerprint density at radius 1 is 1.16 bits per heavy atom. The number of hydrogen-bond donors (Lipinski definition) is 1. The largest absolute Gasteiger partial charge is 0.490 e. The fraction of sp³-hybridized carbons (Fsp3) is 0.625. The van der Waals surface area contributed by atoms with Gasteiger partial charge in [0.05, 0.1) is 31.7 Å². The molecule has 0 spiro atoms. The first-order valence-electron chi connectivity index (χ1n) is 11.4. The number of methoxy groups -OCH3 is 1. The maximum Gasteiger partial charge on any atom is 0.162 e. The predicted octanol–water partition coefficient (Wildman–Crippen LogP) is 4.28. The molecule has 0 unspecified atom stereocenters. The quantitative estimate of drug-likeness (QED) is 0.478. The van der Waals surface area contributed by atoms with E-state index in [4.69, 9.17) is 18.9 Å². The van der Waals surface area contributed by atoms with Crippen LogP contribution in [0.25, 0.3) is 11.3 Å². The van der Waals surface area contributed by atoms with Crippen molar-refractivity contribution >= 4 is 0 Å². The highest BCUT2D eigenvalue weighted by molar-refractivity contribution is 5.66. The second-order valence-electron chi connectivity index (χ2n) is 8.15. The van der Waals surface area contributed by atoms with Crippen LogP contribution in [0.3, 0.4) is 0 Å². The van der Waals surface area contributed by atoms with Crippen LogP contribution >= 0.6 is 0 Å². The van der Waals surface area contributed by atoms with Crippen LogP contribution in [-0.2, 0) is 16.0 Å². The Kier molecular flexibility index (Phi) is 9.65. The number of H-pyrrole nitrogens is 1. The minimum atomic E-state index is 0.145. The summed E-state index contributed by atoms with van der Waals surface area (Å²) < 4.78 is 23.0. The van der Waals surface area contributed by atoms with Gasteiger partial charge in [-0.1, -0.05) is 13.3 Å². The van der Waals surface area contributed by atoms with Crippen LogP contribution in [-0.4, -0.2) is 68.3 Å². The normalized spacial score (nSPS) is 14.8. The van der Waals surface area contributed by atoms with Crippen molar-refractivity contribution in [2.75, 3.05) is 47.1 Å². The molecule has 7 heteroatoms. The van der Waals surface area contributed by atoms with Gasteiger partial charge in [-0.2, -0.15) is 5.10 Å². The molecule has 1 aliphatic rings. The van der Waals surface area contributed by atoms with Gasteiger partial charge in [0.15, 0.2) is 11.5 Å². The van der Waals surface area contributed by atoms with Gasteiger partial charge in [0.2, 0.25) is 0 Å². The first-order valence-corrected chi connectivity index (χ1v) is 11.4. The number of nitrogens with one attached hydrogen (secondary N) is 1. The molecule has 0 radical (unpaired) electrons. The van der Waals surface area contributed by atoms with Crippen molar-refractivity contribution < 1.29 is 18.9 Å². The van der Waals surface area contributed by atoms with Gasteiger partial charge in [0, 0.05) is 50.7 Å². The molecule has 31 heavy (non-hydrogen) atoms. The summed E-state index contributed by atoms with van der Waals surface area (Å²) >= 11 is 0. The van der Waals surface area contributed by atoms with Crippen molar-refractivity contribution in [3.63, 3.8) is 0 Å². The Balaban J connectivity index is 1.77. The minimum Gasteiger partial charge on any atom is -0.490 e. The Bertz CT molecular complexity index is 774. The Morgan fingerprint density at radius 3 is 2.77 bits per heavy atom. The third-order valence-corrected chi connectivity index (χ3v) is 5.50. The highest BCUT2D eigenvalue weighted by Crippen LogP contribution is 2.35. The maximum atomic E-state index is 6.38. The van der Waals surface area contributed by atoms with E-state index in [-0.39, 0.29) is 6.10 Å². The molecule has 1 aliphatic heterocycles. The van der Waals surface area contributed by atoms with E-state index >= 15 is 0 Å². The first-order chi connectivity index (χ1) is 15.2. The van der Waals surface area contributed by atoms with Crippen molar-refractivity contribution in [1.29, 1.82) is 0 Å². The van der Waals surface area contributed by atoms with E-state index in [1.165, 1.54) is 18.4 Å². The van der Waals surface area contributed by atoms with E-state index in [1.807, 2.05) is 12.3 Å². The van der Waals surface area contributed by atoms with Crippen LogP contribution in [0.15, 0.2) is 24.4 Å². The van der Waals surface area contributed by atoms with Gasteiger partial charge in [0.25, 0.3) is 0 Å². The number of hydrogen-bond acceptors (Lipinski definition) is 6. The van der Waals surface area contributed by atoms with Crippen LogP contribution < -0.4 is 9.47 Å². The molecule has 1 saturated heterocycles. The molecule has 7 nitrogen and oxygen atoms in total. The van der Waals surface area contributed by atoms with Crippen molar-refractivity contribution in [2.24, 2.45) is 0 Å². The summed E-state index contributed by atoms with van der Waals surface area (Å²) in [5, 5.41) is 7.50. The summed E-state index contributed by atoms with van der Waals surface area (Å²) in [5.41, 5.74) is 3.28. The second kappa shape index (κ2) is 12.7. The number of aromatic amines is 1. The third kappa shape index (κ3) is 7.23. The molecule has 2 heterocycles. The lowest BCUT2D eigenvalue weighted by molar-refractivity contribution is 0.0242. The summed E-state index contributed by atoms with van der Waals surface area (Å²) in [4.78, 5) is 2.34. The van der Waals surface area contributed by atoms with E-state index in [0.29, 0.717) is 13.2 Å². The Hall–Kier alpha value is -2.09. The van der Waals surface area contributed by atoms with E-state index in [9.17, 15) is 0 Å². The molecular weight excluding hydrogens is 394 g/mol. The predicted molar refractivity (Wildman–Crippen MR) is 122 cm³/mol. The molecule has 0 aliphatic carbocycles. The zero-order valence-electron chi connectivity index (χ0n) is 19.2. The smallest absolute Gasteiger partial charge is 0.162 e. The number of ether oxygens (including phenoxy) is 4. The molecular formula is C24H37N3O4. The summed E-state index contributed by atoms with van der Waals surface area (Å²) in [5.74, 6) is 1.55. The molecule has 0 saturated carbocycles. The summed E-state index contributed by atoms with van der Waals surface area (Å²) in [6.45, 7) is 6.90. The van der Waals surface area contributed by atoms with Crippen LogP contribution in [0.2, 0.25) is 0 Å². The van der Waals surface area contributed by atoms with Crippen LogP contribution in [0.1, 0.15) is 44.6 Å². The number of aromatic nitrogens is 2. The molecule has 0 amide bonds. The Labute approximate surface area is 186 Å². The average molecular weight is 432 g/mol. The fourth-order valence-corrected chi connectivity index (χ4v) is 3.71. The van der Waals surface area contributed by atoms with Crippen molar-refractivity contribution in [3.05, 3.63) is 30.0 Å². The number of rotatable bonds is 13. The van der Waals surface area contributed by atoms with Crippen LogP contribution in [0.5, 0.6) is 11.5 Å². The van der Waals surface area contributed by atoms with Gasteiger partial charge < -0.3 is 23.8 Å². The van der Waals surface area contributed by atoms with Gasteiger partial charge >= 0.3 is 0 Å². The fourth-order valence-electron chi connectivity index (χ4n) is 3.71. The van der Waals surface area contributed by atoms with Crippen molar-refractivity contribution in [3.8, 4) is 22.8 Å². The zero-order chi connectivity index (χ0) is 21.9. The molecule has 2 aromatic rings. The number of nitrogens with zero attached hydrogens (tertiary/aromatic N) is 2. The SMILES string of the molecule is CCCCN(C)Cc1cn[nH]c1-c1ccc(OCCCOC)c(OC2CCOCC2)c1. The van der Waals surface area contributed by atoms with E-state index in [2.05, 4.69) is 41.2 Å². The number of unbranched alkanes of at least 4 members (excludes halogenated alkanes) is 1. The van der Waals surface area contributed by atoms with E-state index in [0.717, 1.165) is 68.3 Å². The monoisotopic (exact) mass is 431 g/mol. The van der Waals surface area contributed by atoms with Crippen molar-refractivity contribution in [1.82, 2.24) is 15.1 Å². The van der Waals surface area contributed by atoms with Crippen molar-refractivity contribution in [2.45, 2.75) is 51.7 Å². The molecule has 1 fully saturated rings. The van der Waals surface area contributed by atoms with Gasteiger partial charge in [-0.15, -0.1) is 0 Å². The van der Waals surface area contributed by atoms with E-state index in [1.54, 1.807) is 7.11 Å². The van der Waals surface area contributed by atoms with E-state index < -0.39 is 0 Å². The maximum absolute atomic E-state index is 6.38. The molecule has 0 bridgehead atoms. The topological polar surface area (TPSA) is 68.8 Å². The lowest BCUT2D eigenvalue weighted by atomic mass is 10.1. The van der Waals surface area contributed by atoms with Gasteiger partial charge in [0.1, 0.15) is 6.10 Å².